The molecule has 1 aliphatic carbocycles. The third-order valence-corrected chi connectivity index (χ3v) is 1.75. The molecule has 52 valence electrons. The van der Waals surface area contributed by atoms with E-state index < -0.39 is 0 Å². The molecule has 0 unspecified atom stereocenters. The van der Waals surface area contributed by atoms with E-state index in [4.69, 9.17) is 34.8 Å². The van der Waals surface area contributed by atoms with Gasteiger partial charge in [-0.2, -0.15) is 0 Å². The molecule has 0 saturated heterocycles. The van der Waals surface area contributed by atoms with Crippen LogP contribution in [0.1, 0.15) is 0 Å². The molecule has 0 aromatic carbocycles. The summed E-state index contributed by atoms with van der Waals surface area (Å²) in [6.07, 6.45) is 7.00. The molecule has 0 amide bonds. The maximum Gasteiger partial charge on any atom is 0.194 e. The van der Waals surface area contributed by atoms with Crippen LogP contribution >= 0.6 is 34.8 Å². The van der Waals surface area contributed by atoms with Crippen LogP contribution in [0.15, 0.2) is 33.3 Å². The molecule has 0 N–H and O–H groups in total. The highest BCUT2D eigenvalue weighted by Gasteiger charge is 2.10. The van der Waals surface area contributed by atoms with Crippen molar-refractivity contribution in [3.05, 3.63) is 39.7 Å². The van der Waals surface area contributed by atoms with Crippen LogP contribution < -0.4 is 0 Å². The van der Waals surface area contributed by atoms with Crippen LogP contribution in [0.5, 0.6) is 0 Å². The van der Waals surface area contributed by atoms with Crippen LogP contribution in [-0.2, 0) is 0 Å². The predicted octanol–water partition coefficient (Wildman–Crippen LogP) is 3.57. The molecule has 0 aliphatic heterocycles. The highest BCUT2D eigenvalue weighted by molar-refractivity contribution is 6.56. The van der Waals surface area contributed by atoms with Gasteiger partial charge < -0.3 is 0 Å². The summed E-state index contributed by atoms with van der Waals surface area (Å²) in [5.41, 5.74) is 0.785. The lowest BCUT2D eigenvalue weighted by Gasteiger charge is -1.93. The quantitative estimate of drug-likeness (QED) is 0.517. The molecular formula is C7H4Cl3+. The molecule has 0 radical (unpaired) electrons. The first-order valence-electron chi connectivity index (χ1n) is 2.64. The fraction of sp³-hybridized carbons (Fsp3) is 0. The Kier molecular flexibility index (Phi) is 2.72. The molecule has 0 atom stereocenters. The molecule has 1 aliphatic rings. The number of hydrogen-bond acceptors (Lipinski definition) is 0. The van der Waals surface area contributed by atoms with Crippen molar-refractivity contribution in [2.45, 2.75) is 0 Å². The van der Waals surface area contributed by atoms with Gasteiger partial charge in [0.15, 0.2) is 4.49 Å². The average Bonchev–Trinajstić information content (AvgIpc) is 1.88. The van der Waals surface area contributed by atoms with Crippen molar-refractivity contribution in [2.24, 2.45) is 0 Å². The van der Waals surface area contributed by atoms with E-state index >= 15 is 0 Å². The Morgan fingerprint density at radius 1 is 1.30 bits per heavy atom. The molecule has 0 fully saturated rings. The fourth-order valence-electron chi connectivity index (χ4n) is 0.576. The minimum atomic E-state index is 0.261. The zero-order valence-corrected chi connectivity index (χ0v) is 7.21. The van der Waals surface area contributed by atoms with Gasteiger partial charge >= 0.3 is 0 Å². The first-order valence-corrected chi connectivity index (χ1v) is 3.77. The standard InChI is InChI=1S/C7H4Cl3/c8-6-3-1-5(2-4-6)7(9)10/h1-4H/q+1. The summed E-state index contributed by atoms with van der Waals surface area (Å²) >= 11 is 16.6. The molecule has 10 heavy (non-hydrogen) atoms. The van der Waals surface area contributed by atoms with E-state index in [1.807, 2.05) is 0 Å². The van der Waals surface area contributed by atoms with Crippen molar-refractivity contribution in [1.82, 2.24) is 0 Å². The summed E-state index contributed by atoms with van der Waals surface area (Å²) in [7, 11) is 0. The summed E-state index contributed by atoms with van der Waals surface area (Å²) in [6.45, 7) is 0. The van der Waals surface area contributed by atoms with Crippen molar-refractivity contribution < 1.29 is 0 Å². The van der Waals surface area contributed by atoms with Crippen molar-refractivity contribution in [3.8, 4) is 0 Å². The molecule has 0 spiro atoms. The summed E-state index contributed by atoms with van der Waals surface area (Å²) in [5, 5.41) is 0.679. The molecule has 3 heteroatoms. The van der Waals surface area contributed by atoms with Crippen LogP contribution in [0.3, 0.4) is 0 Å². The zero-order chi connectivity index (χ0) is 7.56. The van der Waals surface area contributed by atoms with Gasteiger partial charge in [-0.3, -0.25) is 0 Å². The third-order valence-electron chi connectivity index (χ3n) is 1.06. The Hall–Kier alpha value is -0.0400. The molecule has 0 aromatic rings. The average molecular weight is 194 g/mol. The van der Waals surface area contributed by atoms with Crippen LogP contribution in [0.2, 0.25) is 0 Å². The minimum absolute atomic E-state index is 0.261. The van der Waals surface area contributed by atoms with Gasteiger partial charge in [0.25, 0.3) is 0 Å². The Balaban J connectivity index is 2.79. The van der Waals surface area contributed by atoms with E-state index in [-0.39, 0.29) is 4.49 Å². The maximum atomic E-state index is 5.62. The largest absolute Gasteiger partial charge is 0.194 e. The highest BCUT2D eigenvalue weighted by atomic mass is 35.5. The minimum Gasteiger partial charge on any atom is -0.0207 e. The number of rotatable bonds is 0. The van der Waals surface area contributed by atoms with Crippen LogP contribution in [0.25, 0.3) is 0 Å². The second kappa shape index (κ2) is 3.38. The Bertz CT molecular complexity index is 219. The lowest BCUT2D eigenvalue weighted by molar-refractivity contribution is 1.52. The SMILES string of the molecule is ClC1=C[CH+]C(=C(Cl)Cl)C=C1. The molecule has 0 saturated carbocycles. The Labute approximate surface area is 74.8 Å². The third kappa shape index (κ3) is 1.98. The zero-order valence-electron chi connectivity index (χ0n) is 4.94. The molecule has 0 heterocycles. The van der Waals surface area contributed by atoms with Crippen LogP contribution in [-0.4, -0.2) is 0 Å². The first-order chi connectivity index (χ1) is 4.70. The van der Waals surface area contributed by atoms with E-state index in [1.54, 1.807) is 24.6 Å². The maximum absolute atomic E-state index is 5.62. The van der Waals surface area contributed by atoms with Gasteiger partial charge in [-0.1, -0.05) is 0 Å². The normalized spacial score (nSPS) is 16.3. The molecule has 0 bridgehead atoms. The molecule has 0 aromatic heterocycles. The molecular weight excluding hydrogens is 190 g/mol. The molecule has 1 rings (SSSR count). The van der Waals surface area contributed by atoms with E-state index in [0.717, 1.165) is 5.57 Å². The van der Waals surface area contributed by atoms with Gasteiger partial charge in [-0.05, 0) is 34.8 Å². The summed E-state index contributed by atoms with van der Waals surface area (Å²) in [4.78, 5) is 0. The van der Waals surface area contributed by atoms with Crippen LogP contribution in [0.4, 0.5) is 0 Å². The van der Waals surface area contributed by atoms with Gasteiger partial charge in [0, 0.05) is 24.6 Å². The van der Waals surface area contributed by atoms with Crippen molar-refractivity contribution >= 4 is 34.8 Å². The van der Waals surface area contributed by atoms with Crippen LogP contribution in [0, 0.1) is 6.42 Å². The van der Waals surface area contributed by atoms with Gasteiger partial charge in [0.1, 0.15) is 10.6 Å². The topological polar surface area (TPSA) is 0 Å². The number of halogens is 3. The van der Waals surface area contributed by atoms with Gasteiger partial charge in [-0.15, -0.1) is 0 Å². The monoisotopic (exact) mass is 193 g/mol. The van der Waals surface area contributed by atoms with E-state index in [0.29, 0.717) is 5.03 Å². The summed E-state index contributed by atoms with van der Waals surface area (Å²) < 4.78 is 0.261. The second-order valence-corrected chi connectivity index (χ2v) is 3.15. The van der Waals surface area contributed by atoms with Gasteiger partial charge in [0.2, 0.25) is 0 Å². The predicted molar refractivity (Wildman–Crippen MR) is 46.1 cm³/mol. The van der Waals surface area contributed by atoms with Crippen molar-refractivity contribution in [3.63, 3.8) is 0 Å². The lowest BCUT2D eigenvalue weighted by Crippen LogP contribution is -1.84. The number of hydrogen-bond donors (Lipinski definition) is 0. The highest BCUT2D eigenvalue weighted by Crippen LogP contribution is 2.23. The smallest absolute Gasteiger partial charge is 0.0207 e. The summed E-state index contributed by atoms with van der Waals surface area (Å²) in [5.74, 6) is 0. The Morgan fingerprint density at radius 3 is 2.40 bits per heavy atom. The van der Waals surface area contributed by atoms with Crippen molar-refractivity contribution in [2.75, 3.05) is 0 Å². The Morgan fingerprint density at radius 2 is 2.00 bits per heavy atom. The second-order valence-electron chi connectivity index (χ2n) is 1.77. The molecule has 0 nitrogen and oxygen atoms in total. The van der Waals surface area contributed by atoms with Gasteiger partial charge in [0.05, 0.1) is 0 Å². The van der Waals surface area contributed by atoms with E-state index in [9.17, 15) is 0 Å². The van der Waals surface area contributed by atoms with E-state index in [2.05, 4.69) is 0 Å². The summed E-state index contributed by atoms with van der Waals surface area (Å²) in [6, 6.07) is 0. The van der Waals surface area contributed by atoms with Crippen molar-refractivity contribution in [1.29, 1.82) is 0 Å². The number of allylic oxidation sites excluding steroid dienone is 5. The van der Waals surface area contributed by atoms with E-state index in [1.165, 1.54) is 0 Å². The fourth-order valence-corrected chi connectivity index (χ4v) is 0.954. The van der Waals surface area contributed by atoms with Gasteiger partial charge in [-0.25, -0.2) is 0 Å². The lowest BCUT2D eigenvalue weighted by atomic mass is 10.1. The first kappa shape index (κ1) is 8.06.